The molecule has 32 heavy (non-hydrogen) atoms. The summed E-state index contributed by atoms with van der Waals surface area (Å²) in [7, 11) is 0. The summed E-state index contributed by atoms with van der Waals surface area (Å²) in [6.07, 6.45) is 5.77. The molecule has 2 aliphatic rings. The molecule has 2 heterocycles. The first-order valence-corrected chi connectivity index (χ1v) is 10.8. The summed E-state index contributed by atoms with van der Waals surface area (Å²) in [4.78, 5) is 32.2. The molecule has 0 radical (unpaired) electrons. The SMILES string of the molecule is C=CCOCc1cccnc1NC(=O)[C@@H]1C[C@@]2(COCC=C)C[C@H]2N1C(=O)OC(C)(C)C. The first kappa shape index (κ1) is 23.9. The largest absolute Gasteiger partial charge is 0.444 e. The van der Waals surface area contributed by atoms with E-state index >= 15 is 0 Å². The van der Waals surface area contributed by atoms with Gasteiger partial charge in [-0.1, -0.05) is 18.2 Å². The number of piperidine rings is 1. The highest BCUT2D eigenvalue weighted by Crippen LogP contribution is 2.60. The van der Waals surface area contributed by atoms with Crippen LogP contribution >= 0.6 is 0 Å². The molecule has 3 atom stereocenters. The van der Waals surface area contributed by atoms with Gasteiger partial charge >= 0.3 is 6.09 Å². The fourth-order valence-corrected chi connectivity index (χ4v) is 4.11. The molecular formula is C24H33N3O5. The van der Waals surface area contributed by atoms with Gasteiger partial charge in [-0.15, -0.1) is 13.2 Å². The van der Waals surface area contributed by atoms with Crippen molar-refractivity contribution in [2.45, 2.75) is 57.9 Å². The van der Waals surface area contributed by atoms with E-state index in [2.05, 4.69) is 23.5 Å². The van der Waals surface area contributed by atoms with Crippen molar-refractivity contribution < 1.29 is 23.8 Å². The van der Waals surface area contributed by atoms with Gasteiger partial charge in [-0.25, -0.2) is 9.78 Å². The summed E-state index contributed by atoms with van der Waals surface area (Å²) < 4.78 is 16.8. The van der Waals surface area contributed by atoms with Gasteiger partial charge in [0.1, 0.15) is 17.5 Å². The Morgan fingerprint density at radius 2 is 1.97 bits per heavy atom. The summed E-state index contributed by atoms with van der Waals surface area (Å²) in [6, 6.07) is 2.87. The number of anilines is 1. The normalized spacial score (nSPS) is 23.9. The fourth-order valence-electron chi connectivity index (χ4n) is 4.11. The highest BCUT2D eigenvalue weighted by molar-refractivity contribution is 5.97. The van der Waals surface area contributed by atoms with Crippen molar-refractivity contribution in [3.8, 4) is 0 Å². The summed E-state index contributed by atoms with van der Waals surface area (Å²) in [5.74, 6) is 0.123. The molecule has 1 saturated carbocycles. The van der Waals surface area contributed by atoms with Crippen LogP contribution in [0.5, 0.6) is 0 Å². The van der Waals surface area contributed by atoms with E-state index in [-0.39, 0.29) is 24.0 Å². The van der Waals surface area contributed by atoms with Crippen molar-refractivity contribution in [3.63, 3.8) is 0 Å². The van der Waals surface area contributed by atoms with Crippen molar-refractivity contribution in [2.75, 3.05) is 25.1 Å². The smallest absolute Gasteiger partial charge is 0.411 e. The lowest BCUT2D eigenvalue weighted by Crippen LogP contribution is -2.47. The highest BCUT2D eigenvalue weighted by Gasteiger charge is 2.68. The summed E-state index contributed by atoms with van der Waals surface area (Å²) in [5.41, 5.74) is -0.144. The number of hydrogen-bond donors (Lipinski definition) is 1. The van der Waals surface area contributed by atoms with Crippen LogP contribution in [-0.4, -0.2) is 59.4 Å². The Morgan fingerprint density at radius 3 is 2.66 bits per heavy atom. The van der Waals surface area contributed by atoms with Crippen molar-refractivity contribution in [1.82, 2.24) is 9.88 Å². The molecule has 2 amide bonds. The molecule has 0 spiro atoms. The maximum atomic E-state index is 13.3. The quantitative estimate of drug-likeness (QED) is 0.438. The van der Waals surface area contributed by atoms with Crippen molar-refractivity contribution >= 4 is 17.8 Å². The highest BCUT2D eigenvalue weighted by atomic mass is 16.6. The minimum Gasteiger partial charge on any atom is -0.444 e. The third kappa shape index (κ3) is 5.55. The number of carbonyl (C=O) groups is 2. The van der Waals surface area contributed by atoms with E-state index in [4.69, 9.17) is 14.2 Å². The number of amides is 2. The third-order valence-corrected chi connectivity index (χ3v) is 5.58. The van der Waals surface area contributed by atoms with E-state index in [1.54, 1.807) is 29.3 Å². The fraction of sp³-hybridized carbons (Fsp3) is 0.542. The third-order valence-electron chi connectivity index (χ3n) is 5.58. The van der Waals surface area contributed by atoms with Crippen molar-refractivity contribution in [1.29, 1.82) is 0 Å². The second kappa shape index (κ2) is 9.83. The molecule has 3 rings (SSSR count). The maximum Gasteiger partial charge on any atom is 0.411 e. The van der Waals surface area contributed by atoms with Gasteiger partial charge in [0.05, 0.1) is 26.4 Å². The van der Waals surface area contributed by atoms with E-state index < -0.39 is 17.7 Å². The van der Waals surface area contributed by atoms with Gasteiger partial charge in [0.25, 0.3) is 0 Å². The Balaban J connectivity index is 1.76. The van der Waals surface area contributed by atoms with Crippen LogP contribution in [0.3, 0.4) is 0 Å². The van der Waals surface area contributed by atoms with Crippen LogP contribution in [0.1, 0.15) is 39.2 Å². The lowest BCUT2D eigenvalue weighted by atomic mass is 10.00. The molecule has 1 aliphatic heterocycles. The number of nitrogens with one attached hydrogen (secondary N) is 1. The number of likely N-dealkylation sites (tertiary alicyclic amines) is 1. The van der Waals surface area contributed by atoms with E-state index in [1.807, 2.05) is 26.8 Å². The van der Waals surface area contributed by atoms with E-state index in [1.165, 1.54) is 0 Å². The Labute approximate surface area is 189 Å². The van der Waals surface area contributed by atoms with Crippen LogP contribution in [-0.2, 0) is 25.6 Å². The molecule has 1 aliphatic carbocycles. The van der Waals surface area contributed by atoms with Gasteiger partial charge in [0, 0.05) is 23.2 Å². The van der Waals surface area contributed by atoms with Crippen LogP contribution < -0.4 is 5.32 Å². The Bertz CT molecular complexity index is 865. The van der Waals surface area contributed by atoms with Gasteiger partial charge in [-0.2, -0.15) is 0 Å². The Hall–Kier alpha value is -2.71. The lowest BCUT2D eigenvalue weighted by molar-refractivity contribution is -0.121. The molecule has 174 valence electrons. The number of ether oxygens (including phenoxy) is 3. The summed E-state index contributed by atoms with van der Waals surface area (Å²) in [5, 5.41) is 2.89. The predicted octanol–water partition coefficient (Wildman–Crippen LogP) is 3.69. The molecule has 8 nitrogen and oxygen atoms in total. The standard InChI is InChI=1S/C24H33N3O5/c1-6-11-30-15-17-9-8-10-25-20(17)26-21(28)18-13-24(16-31-12-7-2)14-19(24)27(18)22(29)32-23(3,4)5/h6-10,18-19H,1-2,11-16H2,3-5H3,(H,25,26,28)/t18-,19+,24-/m0/s1. The molecule has 1 aromatic heterocycles. The molecule has 1 saturated heterocycles. The predicted molar refractivity (Wildman–Crippen MR) is 121 cm³/mol. The second-order valence-electron chi connectivity index (χ2n) is 9.30. The Morgan fingerprint density at radius 1 is 1.25 bits per heavy atom. The number of carbonyl (C=O) groups excluding carboxylic acids is 2. The topological polar surface area (TPSA) is 90.0 Å². The summed E-state index contributed by atoms with van der Waals surface area (Å²) >= 11 is 0. The van der Waals surface area contributed by atoms with Gasteiger partial charge in [0.2, 0.25) is 5.91 Å². The van der Waals surface area contributed by atoms with Crippen molar-refractivity contribution in [2.24, 2.45) is 5.41 Å². The number of aromatic nitrogens is 1. The zero-order chi connectivity index (χ0) is 23.4. The van der Waals surface area contributed by atoms with Crippen LogP contribution in [0.25, 0.3) is 0 Å². The van der Waals surface area contributed by atoms with Crippen LogP contribution in [0, 0.1) is 5.41 Å². The molecule has 2 fully saturated rings. The zero-order valence-corrected chi connectivity index (χ0v) is 19.1. The number of hydrogen-bond acceptors (Lipinski definition) is 6. The van der Waals surface area contributed by atoms with E-state index in [0.717, 1.165) is 12.0 Å². The van der Waals surface area contributed by atoms with Gasteiger partial charge < -0.3 is 19.5 Å². The van der Waals surface area contributed by atoms with Crippen LogP contribution in [0.4, 0.5) is 10.6 Å². The number of fused-ring (bicyclic) bond motifs is 1. The first-order valence-electron chi connectivity index (χ1n) is 10.8. The molecule has 0 bridgehead atoms. The first-order chi connectivity index (χ1) is 15.2. The maximum absolute atomic E-state index is 13.3. The van der Waals surface area contributed by atoms with Crippen LogP contribution in [0.15, 0.2) is 43.6 Å². The molecular weight excluding hydrogens is 410 g/mol. The minimum atomic E-state index is -0.667. The van der Waals surface area contributed by atoms with Gasteiger partial charge in [-0.3, -0.25) is 9.69 Å². The minimum absolute atomic E-state index is 0.0861. The summed E-state index contributed by atoms with van der Waals surface area (Å²) in [6.45, 7) is 14.3. The number of rotatable bonds is 10. The average molecular weight is 444 g/mol. The van der Waals surface area contributed by atoms with Crippen molar-refractivity contribution in [3.05, 3.63) is 49.2 Å². The molecule has 8 heteroatoms. The molecule has 1 N–H and O–H groups in total. The zero-order valence-electron chi connectivity index (χ0n) is 19.1. The molecule has 0 aromatic carbocycles. The number of pyridine rings is 1. The molecule has 1 aromatic rings. The second-order valence-corrected chi connectivity index (χ2v) is 9.30. The molecule has 0 unspecified atom stereocenters. The Kier molecular flexibility index (Phi) is 7.36. The van der Waals surface area contributed by atoms with Gasteiger partial charge in [-0.05, 0) is 39.7 Å². The van der Waals surface area contributed by atoms with E-state index in [9.17, 15) is 9.59 Å². The van der Waals surface area contributed by atoms with E-state index in [0.29, 0.717) is 32.1 Å². The average Bonchev–Trinajstić information content (AvgIpc) is 3.31. The lowest BCUT2D eigenvalue weighted by Gasteiger charge is -2.29. The van der Waals surface area contributed by atoms with Crippen LogP contribution in [0.2, 0.25) is 0 Å². The van der Waals surface area contributed by atoms with Gasteiger partial charge in [0.15, 0.2) is 0 Å². The monoisotopic (exact) mass is 443 g/mol. The number of nitrogens with zero attached hydrogens (tertiary/aromatic N) is 2.